The van der Waals surface area contributed by atoms with Gasteiger partial charge in [0.15, 0.2) is 0 Å². The van der Waals surface area contributed by atoms with Crippen molar-refractivity contribution in [3.05, 3.63) is 0 Å². The number of nitrogens with zero attached hydrogens (tertiary/aromatic N) is 1. The van der Waals surface area contributed by atoms with Crippen molar-refractivity contribution < 1.29 is 0 Å². The molecule has 0 aliphatic carbocycles. The predicted molar refractivity (Wildman–Crippen MR) is 55.2 cm³/mol. The average Bonchev–Trinajstić information content (AvgIpc) is 2.02. The quantitative estimate of drug-likeness (QED) is 0.684. The minimum Gasteiger partial charge on any atom is -0.330 e. The van der Waals surface area contributed by atoms with E-state index < -0.39 is 0 Å². The molecule has 0 amide bonds. The molecular formula is C10H24N2. The van der Waals surface area contributed by atoms with Crippen molar-refractivity contribution in [3.8, 4) is 0 Å². The summed E-state index contributed by atoms with van der Waals surface area (Å²) >= 11 is 0. The van der Waals surface area contributed by atoms with Crippen molar-refractivity contribution in [1.29, 1.82) is 0 Å². The standard InChI is InChI=1S/C10H24N2/c1-8(2)10(4)12(5)9(3)6-7-11/h8-10H,6-7,11H2,1-5H3. The van der Waals surface area contributed by atoms with E-state index in [1.165, 1.54) is 0 Å². The molecule has 0 saturated heterocycles. The zero-order chi connectivity index (χ0) is 9.72. The van der Waals surface area contributed by atoms with Crippen molar-refractivity contribution in [3.63, 3.8) is 0 Å². The zero-order valence-electron chi connectivity index (χ0n) is 9.17. The van der Waals surface area contributed by atoms with Crippen LogP contribution in [0, 0.1) is 5.92 Å². The molecule has 2 heteroatoms. The summed E-state index contributed by atoms with van der Waals surface area (Å²) < 4.78 is 0. The van der Waals surface area contributed by atoms with Crippen LogP contribution in [-0.2, 0) is 0 Å². The Hall–Kier alpha value is -0.0800. The maximum Gasteiger partial charge on any atom is 0.00897 e. The molecule has 0 fully saturated rings. The minimum atomic E-state index is 0.604. The molecule has 74 valence electrons. The van der Waals surface area contributed by atoms with Gasteiger partial charge in [0.05, 0.1) is 0 Å². The van der Waals surface area contributed by atoms with Crippen LogP contribution in [0.3, 0.4) is 0 Å². The van der Waals surface area contributed by atoms with Gasteiger partial charge in [-0.15, -0.1) is 0 Å². The van der Waals surface area contributed by atoms with Gasteiger partial charge in [-0.2, -0.15) is 0 Å². The maximum atomic E-state index is 5.52. The van der Waals surface area contributed by atoms with Crippen molar-refractivity contribution in [1.82, 2.24) is 4.90 Å². The largest absolute Gasteiger partial charge is 0.330 e. The Morgan fingerprint density at radius 3 is 2.00 bits per heavy atom. The average molecular weight is 172 g/mol. The van der Waals surface area contributed by atoms with Crippen molar-refractivity contribution in [2.75, 3.05) is 13.6 Å². The van der Waals surface area contributed by atoms with Crippen molar-refractivity contribution in [2.45, 2.75) is 46.2 Å². The molecular weight excluding hydrogens is 148 g/mol. The van der Waals surface area contributed by atoms with Crippen molar-refractivity contribution in [2.24, 2.45) is 11.7 Å². The number of rotatable bonds is 5. The lowest BCUT2D eigenvalue weighted by molar-refractivity contribution is 0.153. The molecule has 0 spiro atoms. The van der Waals surface area contributed by atoms with Gasteiger partial charge in [0.1, 0.15) is 0 Å². The van der Waals surface area contributed by atoms with Crippen LogP contribution in [0.15, 0.2) is 0 Å². The third kappa shape index (κ3) is 3.55. The highest BCUT2D eigenvalue weighted by molar-refractivity contribution is 4.72. The van der Waals surface area contributed by atoms with E-state index in [0.717, 1.165) is 18.9 Å². The molecule has 2 atom stereocenters. The van der Waals surface area contributed by atoms with Gasteiger partial charge in [0.2, 0.25) is 0 Å². The summed E-state index contributed by atoms with van der Waals surface area (Å²) in [4.78, 5) is 2.41. The molecule has 0 aromatic rings. The molecule has 0 aromatic carbocycles. The van der Waals surface area contributed by atoms with Crippen LogP contribution < -0.4 is 5.73 Å². The van der Waals surface area contributed by atoms with Gasteiger partial charge < -0.3 is 10.6 Å². The molecule has 0 radical (unpaired) electrons. The second-order valence-corrected chi connectivity index (χ2v) is 4.08. The van der Waals surface area contributed by atoms with Gasteiger partial charge in [-0.3, -0.25) is 0 Å². The molecule has 0 aliphatic rings. The Morgan fingerprint density at radius 1 is 1.17 bits per heavy atom. The number of hydrogen-bond donors (Lipinski definition) is 1. The topological polar surface area (TPSA) is 29.3 Å². The SMILES string of the molecule is CC(C)C(C)N(C)C(C)CCN. The molecule has 2 unspecified atom stereocenters. The Kier molecular flexibility index (Phi) is 5.51. The normalized spacial score (nSPS) is 17.0. The van der Waals surface area contributed by atoms with Gasteiger partial charge in [0, 0.05) is 12.1 Å². The van der Waals surface area contributed by atoms with Crippen LogP contribution in [0.1, 0.15) is 34.1 Å². The predicted octanol–water partition coefficient (Wildman–Crippen LogP) is 1.70. The van der Waals surface area contributed by atoms with Gasteiger partial charge in [-0.25, -0.2) is 0 Å². The smallest absolute Gasteiger partial charge is 0.00897 e. The first-order chi connectivity index (χ1) is 5.50. The van der Waals surface area contributed by atoms with Crippen LogP contribution in [0.2, 0.25) is 0 Å². The highest BCUT2D eigenvalue weighted by atomic mass is 15.2. The molecule has 2 nitrogen and oxygen atoms in total. The highest BCUT2D eigenvalue weighted by Crippen LogP contribution is 2.12. The third-order valence-electron chi connectivity index (χ3n) is 2.89. The first-order valence-corrected chi connectivity index (χ1v) is 4.92. The Bertz CT molecular complexity index is 112. The second-order valence-electron chi connectivity index (χ2n) is 4.08. The summed E-state index contributed by atoms with van der Waals surface area (Å²) in [7, 11) is 2.19. The first kappa shape index (κ1) is 11.9. The van der Waals surface area contributed by atoms with E-state index in [0.29, 0.717) is 12.1 Å². The Morgan fingerprint density at radius 2 is 1.67 bits per heavy atom. The molecule has 12 heavy (non-hydrogen) atoms. The van der Waals surface area contributed by atoms with E-state index in [-0.39, 0.29) is 0 Å². The molecule has 2 N–H and O–H groups in total. The van der Waals surface area contributed by atoms with Crippen LogP contribution >= 0.6 is 0 Å². The second kappa shape index (κ2) is 5.55. The molecule has 0 aromatic heterocycles. The van der Waals surface area contributed by atoms with E-state index in [9.17, 15) is 0 Å². The highest BCUT2D eigenvalue weighted by Gasteiger charge is 2.17. The molecule has 0 rings (SSSR count). The monoisotopic (exact) mass is 172 g/mol. The summed E-state index contributed by atoms with van der Waals surface area (Å²) in [6, 6.07) is 1.25. The van der Waals surface area contributed by atoms with Crippen molar-refractivity contribution >= 4 is 0 Å². The zero-order valence-corrected chi connectivity index (χ0v) is 9.17. The fourth-order valence-corrected chi connectivity index (χ4v) is 1.32. The number of hydrogen-bond acceptors (Lipinski definition) is 2. The fourth-order valence-electron chi connectivity index (χ4n) is 1.32. The fraction of sp³-hybridized carbons (Fsp3) is 1.00. The molecule has 0 saturated carbocycles. The van der Waals surface area contributed by atoms with Gasteiger partial charge >= 0.3 is 0 Å². The number of nitrogens with two attached hydrogens (primary N) is 1. The molecule has 0 aliphatic heterocycles. The van der Waals surface area contributed by atoms with Crippen LogP contribution in [0.5, 0.6) is 0 Å². The van der Waals surface area contributed by atoms with E-state index in [4.69, 9.17) is 5.73 Å². The van der Waals surface area contributed by atoms with E-state index in [1.54, 1.807) is 0 Å². The van der Waals surface area contributed by atoms with E-state index in [1.807, 2.05) is 0 Å². The lowest BCUT2D eigenvalue weighted by atomic mass is 10.0. The van der Waals surface area contributed by atoms with E-state index in [2.05, 4.69) is 39.6 Å². The Labute approximate surface area is 77.1 Å². The lowest BCUT2D eigenvalue weighted by Crippen LogP contribution is -2.40. The van der Waals surface area contributed by atoms with Crippen LogP contribution in [-0.4, -0.2) is 30.6 Å². The third-order valence-corrected chi connectivity index (χ3v) is 2.89. The van der Waals surface area contributed by atoms with E-state index >= 15 is 0 Å². The molecule has 0 bridgehead atoms. The molecule has 0 heterocycles. The van der Waals surface area contributed by atoms with Crippen LogP contribution in [0.25, 0.3) is 0 Å². The lowest BCUT2D eigenvalue weighted by Gasteiger charge is -2.33. The summed E-state index contributed by atoms with van der Waals surface area (Å²) in [5.74, 6) is 0.718. The summed E-state index contributed by atoms with van der Waals surface area (Å²) in [5.41, 5.74) is 5.52. The minimum absolute atomic E-state index is 0.604. The first-order valence-electron chi connectivity index (χ1n) is 4.92. The summed E-state index contributed by atoms with van der Waals surface area (Å²) in [6.07, 6.45) is 1.09. The van der Waals surface area contributed by atoms with Crippen LogP contribution in [0.4, 0.5) is 0 Å². The van der Waals surface area contributed by atoms with Gasteiger partial charge in [0.25, 0.3) is 0 Å². The summed E-state index contributed by atoms with van der Waals surface area (Å²) in [5, 5.41) is 0. The Balaban J connectivity index is 3.90. The summed E-state index contributed by atoms with van der Waals surface area (Å²) in [6.45, 7) is 9.83. The van der Waals surface area contributed by atoms with Gasteiger partial charge in [-0.1, -0.05) is 13.8 Å². The van der Waals surface area contributed by atoms with Gasteiger partial charge in [-0.05, 0) is 39.8 Å². The maximum absolute atomic E-state index is 5.52.